The van der Waals surface area contributed by atoms with Crippen LogP contribution >= 0.6 is 0 Å². The van der Waals surface area contributed by atoms with E-state index < -0.39 is 41.9 Å². The highest BCUT2D eigenvalue weighted by atomic mass is 19.4. The number of aliphatic hydroxyl groups is 1. The molecule has 0 radical (unpaired) electrons. The molecule has 3 atom stereocenters. The van der Waals surface area contributed by atoms with Gasteiger partial charge in [-0.2, -0.15) is 23.0 Å². The number of likely N-dealkylation sites (tertiary alicyclic amines) is 2. The van der Waals surface area contributed by atoms with Crippen molar-refractivity contribution in [2.45, 2.75) is 44.5 Å². The van der Waals surface area contributed by atoms with Crippen molar-refractivity contribution in [1.82, 2.24) is 19.6 Å². The first-order valence-corrected chi connectivity index (χ1v) is 13.0. The predicted molar refractivity (Wildman–Crippen MR) is 135 cm³/mol. The Kier molecular flexibility index (Phi) is 7.58. The molecule has 0 bridgehead atoms. The van der Waals surface area contributed by atoms with Gasteiger partial charge in [0, 0.05) is 50.3 Å². The average Bonchev–Trinajstić information content (AvgIpc) is 3.66. The normalized spacial score (nSPS) is 21.6. The summed E-state index contributed by atoms with van der Waals surface area (Å²) < 4.78 is 62.0. The van der Waals surface area contributed by atoms with Gasteiger partial charge in [-0.1, -0.05) is 12.1 Å². The summed E-state index contributed by atoms with van der Waals surface area (Å²) in [7, 11) is 0. The van der Waals surface area contributed by atoms with E-state index in [1.165, 1.54) is 40.5 Å². The number of halogens is 4. The summed E-state index contributed by atoms with van der Waals surface area (Å²) in [6.07, 6.45) is -2.50. The Hall–Kier alpha value is -3.87. The van der Waals surface area contributed by atoms with Crippen molar-refractivity contribution in [2.24, 2.45) is 5.92 Å². The number of furan rings is 1. The minimum absolute atomic E-state index is 0.0115. The standard InChI is InChI=1S/C27H29F4N5O4/c1-16-14-40-15-21(16)25(38)36-24(32-11-17-2-4-18(28)5-3-17)10-23(33-36)20-13-35(9-7-22(20)27(29,30)31)26(39)34-8-6-19(37)12-34/h2-5,10,14-15,19-20,22,32,37H,6-9,11-13H2,1H3. The number of aromatic nitrogens is 2. The highest BCUT2D eigenvalue weighted by molar-refractivity contribution is 5.98. The van der Waals surface area contributed by atoms with Crippen molar-refractivity contribution in [3.63, 3.8) is 0 Å². The first kappa shape index (κ1) is 27.7. The molecule has 1 aromatic carbocycles. The summed E-state index contributed by atoms with van der Waals surface area (Å²) in [5.74, 6) is -3.87. The van der Waals surface area contributed by atoms with Gasteiger partial charge in [0.1, 0.15) is 17.9 Å². The average molecular weight is 564 g/mol. The number of benzene rings is 1. The molecular formula is C27H29F4N5O4. The van der Waals surface area contributed by atoms with Crippen LogP contribution in [0.2, 0.25) is 0 Å². The van der Waals surface area contributed by atoms with E-state index in [1.54, 1.807) is 19.1 Å². The Bertz CT molecular complexity index is 1370. The topological polar surface area (TPSA) is 104 Å². The molecular weight excluding hydrogens is 534 g/mol. The molecule has 2 saturated heterocycles. The van der Waals surface area contributed by atoms with Crippen LogP contribution in [0.15, 0.2) is 47.3 Å². The second-order valence-electron chi connectivity index (χ2n) is 10.3. The molecule has 13 heteroatoms. The number of hydrogen-bond donors (Lipinski definition) is 2. The first-order chi connectivity index (χ1) is 19.0. The fraction of sp³-hybridized carbons (Fsp3) is 0.444. The number of hydrogen-bond acceptors (Lipinski definition) is 6. The molecule has 2 N–H and O–H groups in total. The summed E-state index contributed by atoms with van der Waals surface area (Å²) in [4.78, 5) is 29.3. The SMILES string of the molecule is Cc1cocc1C(=O)n1nc(C2CN(C(=O)N3CCC(O)C3)CCC2C(F)(F)F)cc1NCc1ccc(F)cc1. The van der Waals surface area contributed by atoms with Crippen molar-refractivity contribution < 1.29 is 36.7 Å². The smallest absolute Gasteiger partial charge is 0.392 e. The van der Waals surface area contributed by atoms with E-state index in [4.69, 9.17) is 4.42 Å². The van der Waals surface area contributed by atoms with Crippen LogP contribution in [0.4, 0.5) is 28.2 Å². The monoisotopic (exact) mass is 563 g/mol. The summed E-state index contributed by atoms with van der Waals surface area (Å²) >= 11 is 0. The second kappa shape index (κ2) is 11.0. The Morgan fingerprint density at radius 2 is 1.80 bits per heavy atom. The van der Waals surface area contributed by atoms with Crippen molar-refractivity contribution >= 4 is 17.8 Å². The number of aliphatic hydroxyl groups excluding tert-OH is 1. The third-order valence-electron chi connectivity index (χ3n) is 7.51. The predicted octanol–water partition coefficient (Wildman–Crippen LogP) is 4.38. The molecule has 0 aliphatic carbocycles. The van der Waals surface area contributed by atoms with Crippen molar-refractivity contribution in [3.05, 3.63) is 71.1 Å². The van der Waals surface area contributed by atoms with E-state index in [1.807, 2.05) is 0 Å². The van der Waals surface area contributed by atoms with Gasteiger partial charge < -0.3 is 24.6 Å². The van der Waals surface area contributed by atoms with Crippen LogP contribution in [0.3, 0.4) is 0 Å². The van der Waals surface area contributed by atoms with Gasteiger partial charge >= 0.3 is 12.2 Å². The maximum Gasteiger partial charge on any atom is 0.392 e. The largest absolute Gasteiger partial charge is 0.471 e. The molecule has 2 aromatic heterocycles. The van der Waals surface area contributed by atoms with Gasteiger partial charge in [-0.25, -0.2) is 9.18 Å². The van der Waals surface area contributed by atoms with E-state index in [2.05, 4.69) is 10.4 Å². The Balaban J connectivity index is 1.47. The van der Waals surface area contributed by atoms with Crippen LogP contribution in [0, 0.1) is 18.7 Å². The zero-order valence-electron chi connectivity index (χ0n) is 21.7. The molecule has 3 unspecified atom stereocenters. The minimum Gasteiger partial charge on any atom is -0.471 e. The number of carbonyl (C=O) groups excluding carboxylic acids is 2. The molecule has 0 saturated carbocycles. The van der Waals surface area contributed by atoms with Crippen molar-refractivity contribution in [2.75, 3.05) is 31.5 Å². The molecule has 4 heterocycles. The lowest BCUT2D eigenvalue weighted by atomic mass is 9.83. The van der Waals surface area contributed by atoms with Crippen LogP contribution in [0.25, 0.3) is 0 Å². The van der Waals surface area contributed by atoms with Gasteiger partial charge in [0.05, 0.1) is 29.5 Å². The molecule has 0 spiro atoms. The van der Waals surface area contributed by atoms with Crippen LogP contribution < -0.4 is 5.32 Å². The van der Waals surface area contributed by atoms with Crippen LogP contribution in [0.1, 0.15) is 45.9 Å². The fourth-order valence-corrected chi connectivity index (χ4v) is 5.28. The van der Waals surface area contributed by atoms with Crippen LogP contribution in [0.5, 0.6) is 0 Å². The Morgan fingerprint density at radius 1 is 1.10 bits per heavy atom. The fourth-order valence-electron chi connectivity index (χ4n) is 5.28. The summed E-state index contributed by atoms with van der Waals surface area (Å²) in [6.45, 7) is 1.94. The first-order valence-electron chi connectivity index (χ1n) is 13.0. The van der Waals surface area contributed by atoms with Crippen molar-refractivity contribution in [3.8, 4) is 0 Å². The molecule has 2 aliphatic heterocycles. The highest BCUT2D eigenvalue weighted by Gasteiger charge is 2.49. The number of piperidine rings is 1. The van der Waals surface area contributed by atoms with Gasteiger partial charge in [-0.15, -0.1) is 0 Å². The van der Waals surface area contributed by atoms with Gasteiger partial charge in [-0.3, -0.25) is 4.79 Å². The molecule has 2 aliphatic rings. The zero-order valence-corrected chi connectivity index (χ0v) is 21.7. The molecule has 5 rings (SSSR count). The van der Waals surface area contributed by atoms with Crippen molar-refractivity contribution in [1.29, 1.82) is 0 Å². The lowest BCUT2D eigenvalue weighted by molar-refractivity contribution is -0.189. The summed E-state index contributed by atoms with van der Waals surface area (Å²) in [6, 6.07) is 6.62. The summed E-state index contributed by atoms with van der Waals surface area (Å²) in [5, 5.41) is 17.2. The van der Waals surface area contributed by atoms with E-state index in [-0.39, 0.29) is 49.7 Å². The molecule has 2 amide bonds. The lowest BCUT2D eigenvalue weighted by Crippen LogP contribution is -2.51. The number of aryl methyl sites for hydroxylation is 1. The van der Waals surface area contributed by atoms with E-state index in [9.17, 15) is 32.3 Å². The number of alkyl halides is 3. The number of nitrogens with one attached hydrogen (secondary N) is 1. The van der Waals surface area contributed by atoms with E-state index in [0.29, 0.717) is 24.1 Å². The number of nitrogens with zero attached hydrogens (tertiary/aromatic N) is 4. The van der Waals surface area contributed by atoms with Gasteiger partial charge in [0.2, 0.25) is 0 Å². The Labute approximate surface area is 227 Å². The van der Waals surface area contributed by atoms with E-state index >= 15 is 0 Å². The number of anilines is 1. The van der Waals surface area contributed by atoms with Gasteiger partial charge in [-0.05, 0) is 37.5 Å². The number of β-amino-alcohol motifs (C(OH)–C–C–N with tert-alkyl or cyclic N) is 1. The number of rotatable bonds is 5. The highest BCUT2D eigenvalue weighted by Crippen LogP contribution is 2.43. The molecule has 9 nitrogen and oxygen atoms in total. The van der Waals surface area contributed by atoms with E-state index in [0.717, 1.165) is 4.68 Å². The van der Waals surface area contributed by atoms with Gasteiger partial charge in [0.15, 0.2) is 0 Å². The third kappa shape index (κ3) is 5.69. The van der Waals surface area contributed by atoms with Crippen LogP contribution in [-0.4, -0.2) is 75.1 Å². The molecule has 40 heavy (non-hydrogen) atoms. The van der Waals surface area contributed by atoms with Gasteiger partial charge in [0.25, 0.3) is 5.91 Å². The number of amides is 2. The quantitative estimate of drug-likeness (QED) is 0.447. The second-order valence-corrected chi connectivity index (χ2v) is 10.3. The lowest BCUT2D eigenvalue weighted by Gasteiger charge is -2.40. The molecule has 214 valence electrons. The van der Waals surface area contributed by atoms with Crippen LogP contribution in [-0.2, 0) is 6.54 Å². The minimum atomic E-state index is -4.56. The zero-order chi connectivity index (χ0) is 28.6. The Morgan fingerprint density at radius 3 is 2.42 bits per heavy atom. The molecule has 2 fully saturated rings. The number of urea groups is 1. The third-order valence-corrected chi connectivity index (χ3v) is 7.51. The maximum absolute atomic E-state index is 14.2. The molecule has 3 aromatic rings. The summed E-state index contributed by atoms with van der Waals surface area (Å²) in [5.41, 5.74) is 1.41. The number of carbonyl (C=O) groups is 2. The maximum atomic E-state index is 14.2.